The van der Waals surface area contributed by atoms with Crippen LogP contribution in [0.5, 0.6) is 0 Å². The van der Waals surface area contributed by atoms with Crippen LogP contribution in [0.3, 0.4) is 0 Å². The Morgan fingerprint density at radius 2 is 2.14 bits per heavy atom. The number of hydrogen-bond donors (Lipinski definition) is 2. The van der Waals surface area contributed by atoms with E-state index in [-0.39, 0.29) is 0 Å². The molecule has 76 valence electrons. The Kier molecular flexibility index (Phi) is 3.04. The highest BCUT2D eigenvalue weighted by Crippen LogP contribution is 2.10. The molecule has 0 aliphatic carbocycles. The zero-order chi connectivity index (χ0) is 9.80. The number of anilines is 1. The van der Waals surface area contributed by atoms with E-state index in [1.54, 1.807) is 0 Å². The van der Waals surface area contributed by atoms with Gasteiger partial charge >= 0.3 is 0 Å². The van der Waals surface area contributed by atoms with E-state index in [0.717, 1.165) is 6.54 Å². The lowest BCUT2D eigenvalue weighted by Gasteiger charge is -2.12. The third-order valence-corrected chi connectivity index (χ3v) is 2.77. The summed E-state index contributed by atoms with van der Waals surface area (Å²) in [5.41, 5.74) is 2.54. The van der Waals surface area contributed by atoms with Gasteiger partial charge in [-0.2, -0.15) is 0 Å². The normalized spacial score (nSPS) is 21.1. The maximum absolute atomic E-state index is 3.48. The second kappa shape index (κ2) is 4.47. The summed E-state index contributed by atoms with van der Waals surface area (Å²) in [6, 6.07) is 9.24. The molecule has 2 heteroatoms. The lowest BCUT2D eigenvalue weighted by Crippen LogP contribution is -2.29. The summed E-state index contributed by atoms with van der Waals surface area (Å²) in [5, 5.41) is 6.93. The van der Waals surface area contributed by atoms with Crippen molar-refractivity contribution in [2.75, 3.05) is 18.4 Å². The number of rotatable bonds is 3. The Morgan fingerprint density at radius 1 is 1.36 bits per heavy atom. The van der Waals surface area contributed by atoms with Crippen molar-refractivity contribution in [3.63, 3.8) is 0 Å². The average Bonchev–Trinajstić information content (AvgIpc) is 2.70. The third kappa shape index (κ3) is 2.48. The molecule has 2 N–H and O–H groups in total. The Morgan fingerprint density at radius 3 is 2.79 bits per heavy atom. The van der Waals surface area contributed by atoms with Crippen molar-refractivity contribution in [1.29, 1.82) is 0 Å². The molecule has 1 saturated heterocycles. The van der Waals surface area contributed by atoms with Gasteiger partial charge in [-0.05, 0) is 38.4 Å². The van der Waals surface area contributed by atoms with Gasteiger partial charge in [0.25, 0.3) is 0 Å². The second-order valence-electron chi connectivity index (χ2n) is 4.04. The molecule has 0 radical (unpaired) electrons. The summed E-state index contributed by atoms with van der Waals surface area (Å²) >= 11 is 0. The quantitative estimate of drug-likeness (QED) is 0.763. The summed E-state index contributed by atoms with van der Waals surface area (Å²) in [4.78, 5) is 0. The van der Waals surface area contributed by atoms with E-state index in [1.165, 1.54) is 30.6 Å². The summed E-state index contributed by atoms with van der Waals surface area (Å²) in [5.74, 6) is 0. The van der Waals surface area contributed by atoms with Gasteiger partial charge < -0.3 is 10.6 Å². The van der Waals surface area contributed by atoms with E-state index < -0.39 is 0 Å². The molecule has 0 aromatic heterocycles. The molecule has 1 aromatic carbocycles. The van der Waals surface area contributed by atoms with Gasteiger partial charge in [-0.3, -0.25) is 0 Å². The Balaban J connectivity index is 1.82. The van der Waals surface area contributed by atoms with Crippen molar-refractivity contribution in [2.45, 2.75) is 25.8 Å². The SMILES string of the molecule is Cc1ccc(NC[C@H]2CCCN2)cc1. The van der Waals surface area contributed by atoms with Crippen LogP contribution in [0.4, 0.5) is 5.69 Å². The lowest BCUT2D eigenvalue weighted by molar-refractivity contribution is 0.633. The molecular formula is C12H18N2. The molecule has 14 heavy (non-hydrogen) atoms. The predicted octanol–water partition coefficient (Wildman–Crippen LogP) is 2.16. The minimum Gasteiger partial charge on any atom is -0.383 e. The highest BCUT2D eigenvalue weighted by atomic mass is 15.0. The second-order valence-corrected chi connectivity index (χ2v) is 4.04. The van der Waals surface area contributed by atoms with E-state index in [4.69, 9.17) is 0 Å². The minimum absolute atomic E-state index is 0.663. The smallest absolute Gasteiger partial charge is 0.0340 e. The van der Waals surface area contributed by atoms with Crippen LogP contribution >= 0.6 is 0 Å². The van der Waals surface area contributed by atoms with E-state index >= 15 is 0 Å². The van der Waals surface area contributed by atoms with Crippen LogP contribution in [0, 0.1) is 6.92 Å². The first-order valence-corrected chi connectivity index (χ1v) is 5.38. The van der Waals surface area contributed by atoms with Gasteiger partial charge in [-0.15, -0.1) is 0 Å². The standard InChI is InChI=1S/C12H18N2/c1-10-4-6-11(7-5-10)14-9-12-3-2-8-13-12/h4-7,12-14H,2-3,8-9H2,1H3/t12-/m1/s1. The van der Waals surface area contributed by atoms with Gasteiger partial charge in [0.2, 0.25) is 0 Å². The molecule has 1 atom stereocenters. The minimum atomic E-state index is 0.663. The van der Waals surface area contributed by atoms with Crippen LogP contribution in [-0.4, -0.2) is 19.1 Å². The molecular weight excluding hydrogens is 172 g/mol. The number of aryl methyl sites for hydroxylation is 1. The van der Waals surface area contributed by atoms with Crippen LogP contribution in [0.1, 0.15) is 18.4 Å². The lowest BCUT2D eigenvalue weighted by atomic mass is 10.2. The zero-order valence-electron chi connectivity index (χ0n) is 8.72. The Labute approximate surface area is 85.7 Å². The van der Waals surface area contributed by atoms with Crippen molar-refractivity contribution < 1.29 is 0 Å². The fourth-order valence-electron chi connectivity index (χ4n) is 1.84. The molecule has 0 saturated carbocycles. The maximum Gasteiger partial charge on any atom is 0.0340 e. The van der Waals surface area contributed by atoms with Crippen LogP contribution in [0.25, 0.3) is 0 Å². The van der Waals surface area contributed by atoms with Gasteiger partial charge in [-0.25, -0.2) is 0 Å². The zero-order valence-corrected chi connectivity index (χ0v) is 8.72. The van der Waals surface area contributed by atoms with Gasteiger partial charge in [0.05, 0.1) is 0 Å². The van der Waals surface area contributed by atoms with E-state index in [2.05, 4.69) is 41.8 Å². The molecule has 1 heterocycles. The fraction of sp³-hybridized carbons (Fsp3) is 0.500. The van der Waals surface area contributed by atoms with Gasteiger partial charge in [0, 0.05) is 18.3 Å². The largest absolute Gasteiger partial charge is 0.383 e. The molecule has 2 rings (SSSR count). The van der Waals surface area contributed by atoms with Crippen molar-refractivity contribution in [3.05, 3.63) is 29.8 Å². The maximum atomic E-state index is 3.48. The highest BCUT2D eigenvalue weighted by Gasteiger charge is 2.12. The highest BCUT2D eigenvalue weighted by molar-refractivity contribution is 5.44. The first kappa shape index (κ1) is 9.53. The van der Waals surface area contributed by atoms with Crippen LogP contribution in [-0.2, 0) is 0 Å². The topological polar surface area (TPSA) is 24.1 Å². The Bertz CT molecular complexity index is 273. The first-order chi connectivity index (χ1) is 6.84. The van der Waals surface area contributed by atoms with Crippen molar-refractivity contribution in [2.24, 2.45) is 0 Å². The molecule has 0 unspecified atom stereocenters. The molecule has 1 aliphatic rings. The molecule has 1 aliphatic heterocycles. The van der Waals surface area contributed by atoms with Crippen LogP contribution in [0.15, 0.2) is 24.3 Å². The Hall–Kier alpha value is -1.02. The van der Waals surface area contributed by atoms with Gasteiger partial charge in [0.15, 0.2) is 0 Å². The molecule has 1 fully saturated rings. The molecule has 0 spiro atoms. The molecule has 0 bridgehead atoms. The van der Waals surface area contributed by atoms with Gasteiger partial charge in [0.1, 0.15) is 0 Å². The average molecular weight is 190 g/mol. The summed E-state index contributed by atoms with van der Waals surface area (Å²) in [6.45, 7) is 4.34. The third-order valence-electron chi connectivity index (χ3n) is 2.77. The fourth-order valence-corrected chi connectivity index (χ4v) is 1.84. The summed E-state index contributed by atoms with van der Waals surface area (Å²) in [7, 11) is 0. The van der Waals surface area contributed by atoms with Crippen LogP contribution < -0.4 is 10.6 Å². The first-order valence-electron chi connectivity index (χ1n) is 5.38. The number of nitrogens with one attached hydrogen (secondary N) is 2. The van der Waals surface area contributed by atoms with E-state index in [1.807, 2.05) is 0 Å². The molecule has 2 nitrogen and oxygen atoms in total. The van der Waals surface area contributed by atoms with Gasteiger partial charge in [-0.1, -0.05) is 17.7 Å². The van der Waals surface area contributed by atoms with Crippen LogP contribution in [0.2, 0.25) is 0 Å². The molecule has 1 aromatic rings. The van der Waals surface area contributed by atoms with E-state index in [0.29, 0.717) is 6.04 Å². The monoisotopic (exact) mass is 190 g/mol. The van der Waals surface area contributed by atoms with Crippen molar-refractivity contribution in [1.82, 2.24) is 5.32 Å². The molecule has 0 amide bonds. The van der Waals surface area contributed by atoms with Crippen molar-refractivity contribution >= 4 is 5.69 Å². The number of benzene rings is 1. The van der Waals surface area contributed by atoms with Crippen molar-refractivity contribution in [3.8, 4) is 0 Å². The van der Waals surface area contributed by atoms with E-state index in [9.17, 15) is 0 Å². The number of hydrogen-bond acceptors (Lipinski definition) is 2. The summed E-state index contributed by atoms with van der Waals surface area (Å²) in [6.07, 6.45) is 2.62. The predicted molar refractivity (Wildman–Crippen MR) is 60.7 cm³/mol. The summed E-state index contributed by atoms with van der Waals surface area (Å²) < 4.78 is 0.